The van der Waals surface area contributed by atoms with Crippen LogP contribution in [0.2, 0.25) is 0 Å². The lowest BCUT2D eigenvalue weighted by Gasteiger charge is -2.17. The first-order valence-corrected chi connectivity index (χ1v) is 5.80. The Morgan fingerprint density at radius 1 is 1.63 bits per heavy atom. The van der Waals surface area contributed by atoms with Gasteiger partial charge in [-0.1, -0.05) is 5.11 Å². The van der Waals surface area contributed by atoms with Crippen LogP contribution in [0.25, 0.3) is 10.4 Å². The van der Waals surface area contributed by atoms with Gasteiger partial charge in [-0.3, -0.25) is 4.79 Å². The van der Waals surface area contributed by atoms with Gasteiger partial charge in [0.2, 0.25) is 5.91 Å². The van der Waals surface area contributed by atoms with E-state index in [4.69, 9.17) is 10.3 Å². The van der Waals surface area contributed by atoms with E-state index in [0.717, 1.165) is 0 Å². The van der Waals surface area contributed by atoms with Crippen molar-refractivity contribution in [3.8, 4) is 5.75 Å². The predicted molar refractivity (Wildman–Crippen MR) is 67.4 cm³/mol. The molecule has 6 nitrogen and oxygen atoms in total. The zero-order valence-corrected chi connectivity index (χ0v) is 10.4. The molecule has 0 aliphatic carbocycles. The molecule has 1 fully saturated rings. The number of carbonyl (C=O) groups excluding carboxylic acids is 1. The van der Waals surface area contributed by atoms with Gasteiger partial charge in [-0.25, -0.2) is 4.39 Å². The van der Waals surface area contributed by atoms with Crippen molar-refractivity contribution in [2.45, 2.75) is 6.42 Å². The fourth-order valence-electron chi connectivity index (χ4n) is 2.12. The number of halogens is 1. The monoisotopic (exact) mass is 264 g/mol. The Hall–Kier alpha value is -2.27. The summed E-state index contributed by atoms with van der Waals surface area (Å²) in [7, 11) is 1.37. The van der Waals surface area contributed by atoms with Crippen molar-refractivity contribution >= 4 is 11.6 Å². The van der Waals surface area contributed by atoms with Gasteiger partial charge < -0.3 is 9.64 Å². The van der Waals surface area contributed by atoms with Gasteiger partial charge in [-0.05, 0) is 23.6 Å². The zero-order chi connectivity index (χ0) is 13.8. The molecule has 0 bridgehead atoms. The van der Waals surface area contributed by atoms with E-state index in [0.29, 0.717) is 18.7 Å². The molecular formula is C12H13FN4O2. The zero-order valence-electron chi connectivity index (χ0n) is 10.4. The van der Waals surface area contributed by atoms with E-state index >= 15 is 0 Å². The van der Waals surface area contributed by atoms with Gasteiger partial charge in [-0.15, -0.1) is 0 Å². The molecule has 0 N–H and O–H groups in total. The van der Waals surface area contributed by atoms with Crippen LogP contribution >= 0.6 is 0 Å². The minimum Gasteiger partial charge on any atom is -0.494 e. The highest BCUT2D eigenvalue weighted by Gasteiger charge is 2.30. The minimum absolute atomic E-state index is 0.000511. The van der Waals surface area contributed by atoms with Crippen LogP contribution in [0, 0.1) is 11.7 Å². The molecule has 1 aromatic rings. The number of methoxy groups -OCH3 is 1. The molecule has 1 heterocycles. The molecule has 1 amide bonds. The molecule has 0 aromatic heterocycles. The van der Waals surface area contributed by atoms with E-state index in [1.807, 2.05) is 0 Å². The van der Waals surface area contributed by atoms with Crippen LogP contribution in [-0.4, -0.2) is 26.1 Å². The number of nitrogens with zero attached hydrogens (tertiary/aromatic N) is 4. The van der Waals surface area contributed by atoms with Crippen molar-refractivity contribution in [3.63, 3.8) is 0 Å². The smallest absolute Gasteiger partial charge is 0.227 e. The second kappa shape index (κ2) is 5.58. The van der Waals surface area contributed by atoms with Crippen molar-refractivity contribution in [2.24, 2.45) is 11.0 Å². The topological polar surface area (TPSA) is 78.3 Å². The van der Waals surface area contributed by atoms with Gasteiger partial charge in [0.05, 0.1) is 7.11 Å². The number of carbonyl (C=O) groups is 1. The molecule has 19 heavy (non-hydrogen) atoms. The van der Waals surface area contributed by atoms with Crippen LogP contribution in [0.5, 0.6) is 5.75 Å². The van der Waals surface area contributed by atoms with Crippen LogP contribution in [0.4, 0.5) is 10.1 Å². The van der Waals surface area contributed by atoms with Gasteiger partial charge in [0.1, 0.15) is 0 Å². The second-order valence-corrected chi connectivity index (χ2v) is 4.31. The Morgan fingerprint density at radius 3 is 3.11 bits per heavy atom. The third-order valence-corrected chi connectivity index (χ3v) is 3.05. The molecule has 1 atom stereocenters. The molecule has 1 aliphatic rings. The van der Waals surface area contributed by atoms with Crippen molar-refractivity contribution in [3.05, 3.63) is 34.5 Å². The van der Waals surface area contributed by atoms with Crippen LogP contribution < -0.4 is 9.64 Å². The molecule has 100 valence electrons. The van der Waals surface area contributed by atoms with E-state index in [1.54, 1.807) is 4.90 Å². The van der Waals surface area contributed by atoms with Gasteiger partial charge in [0.15, 0.2) is 11.6 Å². The summed E-state index contributed by atoms with van der Waals surface area (Å²) < 4.78 is 18.2. The number of anilines is 1. The van der Waals surface area contributed by atoms with E-state index in [-0.39, 0.29) is 24.1 Å². The normalized spacial score (nSPS) is 18.3. The largest absolute Gasteiger partial charge is 0.494 e. The summed E-state index contributed by atoms with van der Waals surface area (Å²) >= 11 is 0. The number of ether oxygens (including phenoxy) is 1. The van der Waals surface area contributed by atoms with Gasteiger partial charge in [-0.2, -0.15) is 0 Å². The van der Waals surface area contributed by atoms with E-state index < -0.39 is 5.82 Å². The first kappa shape index (κ1) is 13.2. The second-order valence-electron chi connectivity index (χ2n) is 4.31. The van der Waals surface area contributed by atoms with Gasteiger partial charge in [0.25, 0.3) is 0 Å². The number of hydrogen-bond donors (Lipinski definition) is 0. The average molecular weight is 264 g/mol. The van der Waals surface area contributed by atoms with Crippen molar-refractivity contribution in [1.29, 1.82) is 0 Å². The van der Waals surface area contributed by atoms with Crippen LogP contribution in [0.3, 0.4) is 0 Å². The predicted octanol–water partition coefficient (Wildman–Crippen LogP) is 2.50. The molecule has 1 unspecified atom stereocenters. The van der Waals surface area contributed by atoms with E-state index in [2.05, 4.69) is 10.0 Å². The highest BCUT2D eigenvalue weighted by molar-refractivity contribution is 5.95. The molecule has 1 aliphatic heterocycles. The third-order valence-electron chi connectivity index (χ3n) is 3.05. The third kappa shape index (κ3) is 2.77. The summed E-state index contributed by atoms with van der Waals surface area (Å²) in [4.78, 5) is 16.1. The molecule has 1 saturated heterocycles. The molecule has 7 heteroatoms. The fraction of sp³-hybridized carbons (Fsp3) is 0.417. The summed E-state index contributed by atoms with van der Waals surface area (Å²) in [6, 6.07) is 4.29. The highest BCUT2D eigenvalue weighted by atomic mass is 19.1. The lowest BCUT2D eigenvalue weighted by Crippen LogP contribution is -2.24. The minimum atomic E-state index is -0.469. The Kier molecular flexibility index (Phi) is 3.87. The van der Waals surface area contributed by atoms with E-state index in [9.17, 15) is 9.18 Å². The maximum absolute atomic E-state index is 13.3. The van der Waals surface area contributed by atoms with E-state index in [1.165, 1.54) is 25.3 Å². The lowest BCUT2D eigenvalue weighted by molar-refractivity contribution is -0.117. The van der Waals surface area contributed by atoms with Crippen LogP contribution in [-0.2, 0) is 4.79 Å². The van der Waals surface area contributed by atoms with Gasteiger partial charge in [0, 0.05) is 36.2 Å². The standard InChI is InChI=1S/C12H13FN4O2/c1-19-11-5-9(2-3-10(11)13)17-7-8(4-12(17)18)6-15-16-14/h2-3,5,8H,4,6-7H2,1H3. The molecule has 1 aromatic carbocycles. The number of benzene rings is 1. The van der Waals surface area contributed by atoms with Crippen LogP contribution in [0.1, 0.15) is 6.42 Å². The maximum Gasteiger partial charge on any atom is 0.227 e. The number of amides is 1. The number of rotatable bonds is 4. The molecule has 0 saturated carbocycles. The van der Waals surface area contributed by atoms with Gasteiger partial charge >= 0.3 is 0 Å². The summed E-state index contributed by atoms with van der Waals surface area (Å²) in [6.07, 6.45) is 0.332. The summed E-state index contributed by atoms with van der Waals surface area (Å²) in [5.74, 6) is -0.432. The molecule has 0 spiro atoms. The maximum atomic E-state index is 13.3. The Labute approximate surface area is 109 Å². The first-order chi connectivity index (χ1) is 9.15. The summed E-state index contributed by atoms with van der Waals surface area (Å²) in [5.41, 5.74) is 8.87. The Bertz CT molecular complexity index is 543. The Balaban J connectivity index is 2.18. The van der Waals surface area contributed by atoms with Crippen LogP contribution in [0.15, 0.2) is 23.3 Å². The Morgan fingerprint density at radius 2 is 2.42 bits per heavy atom. The average Bonchev–Trinajstić information content (AvgIpc) is 2.78. The van der Waals surface area contributed by atoms with Crippen molar-refractivity contribution < 1.29 is 13.9 Å². The lowest BCUT2D eigenvalue weighted by atomic mass is 10.1. The molecule has 0 radical (unpaired) electrons. The SMILES string of the molecule is COc1cc(N2CC(CN=[N+]=[N-])CC2=O)ccc1F. The first-order valence-electron chi connectivity index (χ1n) is 5.80. The quantitative estimate of drug-likeness (QED) is 0.475. The van der Waals surface area contributed by atoms with Crippen molar-refractivity contribution in [1.82, 2.24) is 0 Å². The molecule has 2 rings (SSSR count). The summed E-state index contributed by atoms with van der Waals surface area (Å²) in [6.45, 7) is 0.754. The number of azide groups is 1. The summed E-state index contributed by atoms with van der Waals surface area (Å²) in [5, 5.41) is 3.48. The number of hydrogen-bond acceptors (Lipinski definition) is 3. The highest BCUT2D eigenvalue weighted by Crippen LogP contribution is 2.29. The fourth-order valence-corrected chi connectivity index (χ4v) is 2.12. The van der Waals surface area contributed by atoms with Crippen molar-refractivity contribution in [2.75, 3.05) is 25.1 Å². The molecular weight excluding hydrogens is 251 g/mol.